The van der Waals surface area contributed by atoms with Crippen molar-refractivity contribution in [2.24, 2.45) is 0 Å². The van der Waals surface area contributed by atoms with Crippen LogP contribution in [0.1, 0.15) is 39.2 Å². The van der Waals surface area contributed by atoms with Gasteiger partial charge in [0.25, 0.3) is 0 Å². The van der Waals surface area contributed by atoms with E-state index in [9.17, 15) is 9.59 Å². The molecule has 0 bridgehead atoms. The van der Waals surface area contributed by atoms with E-state index in [1.54, 1.807) is 4.90 Å². The highest BCUT2D eigenvalue weighted by Gasteiger charge is 2.23. The van der Waals surface area contributed by atoms with Crippen molar-refractivity contribution < 1.29 is 9.59 Å². The number of carbonyl (C=O) groups excluding carboxylic acids is 2. The number of aromatic nitrogens is 1. The molecule has 0 saturated carbocycles. The molecule has 1 fully saturated rings. The Morgan fingerprint density at radius 3 is 2.68 bits per heavy atom. The Kier molecular flexibility index (Phi) is 7.03. The number of pyridine rings is 1. The molecule has 0 aromatic carbocycles. The first-order valence-corrected chi connectivity index (χ1v) is 9.03. The fourth-order valence-electron chi connectivity index (χ4n) is 3.11. The van der Waals surface area contributed by atoms with Crippen molar-refractivity contribution in [1.29, 1.82) is 0 Å². The molecule has 0 aliphatic carbocycles. The van der Waals surface area contributed by atoms with Crippen LogP contribution in [0.2, 0.25) is 0 Å². The van der Waals surface area contributed by atoms with Gasteiger partial charge >= 0.3 is 6.03 Å². The number of anilines is 1. The minimum atomic E-state index is -0.0946. The average molecular weight is 347 g/mol. The molecule has 2 rings (SSSR count). The van der Waals surface area contributed by atoms with Crippen LogP contribution in [-0.2, 0) is 11.3 Å². The van der Waals surface area contributed by atoms with Gasteiger partial charge in [0, 0.05) is 51.9 Å². The lowest BCUT2D eigenvalue weighted by atomic mass is 10.1. The van der Waals surface area contributed by atoms with E-state index < -0.39 is 0 Å². The largest absolute Gasteiger partial charge is 0.357 e. The van der Waals surface area contributed by atoms with E-state index in [1.165, 1.54) is 6.92 Å². The first-order valence-electron chi connectivity index (χ1n) is 9.03. The molecule has 1 aromatic rings. The van der Waals surface area contributed by atoms with Gasteiger partial charge in [-0.15, -0.1) is 0 Å². The first-order chi connectivity index (χ1) is 12.0. The number of urea groups is 1. The molecule has 25 heavy (non-hydrogen) atoms. The normalized spacial score (nSPS) is 17.1. The van der Waals surface area contributed by atoms with Crippen LogP contribution in [0, 0.1) is 0 Å². The smallest absolute Gasteiger partial charge is 0.317 e. The SMILES string of the molecule is CCN(CC)c1ccc(CNC(=O)N2CCCC(NC(C)=O)C2)cn1. The van der Waals surface area contributed by atoms with Gasteiger partial charge in [-0.2, -0.15) is 0 Å². The minimum Gasteiger partial charge on any atom is -0.357 e. The molecule has 1 saturated heterocycles. The van der Waals surface area contributed by atoms with Gasteiger partial charge in [0.15, 0.2) is 0 Å². The number of nitrogens with zero attached hydrogens (tertiary/aromatic N) is 3. The lowest BCUT2D eigenvalue weighted by molar-refractivity contribution is -0.119. The van der Waals surface area contributed by atoms with Crippen molar-refractivity contribution in [2.45, 2.75) is 46.2 Å². The predicted molar refractivity (Wildman–Crippen MR) is 98.4 cm³/mol. The monoisotopic (exact) mass is 347 g/mol. The number of likely N-dealkylation sites (tertiary alicyclic amines) is 1. The van der Waals surface area contributed by atoms with Crippen molar-refractivity contribution in [3.8, 4) is 0 Å². The van der Waals surface area contributed by atoms with Crippen LogP contribution < -0.4 is 15.5 Å². The molecule has 1 atom stereocenters. The molecule has 2 heterocycles. The van der Waals surface area contributed by atoms with Crippen LogP contribution in [0.15, 0.2) is 18.3 Å². The Bertz CT molecular complexity index is 571. The zero-order valence-electron chi connectivity index (χ0n) is 15.4. The maximum atomic E-state index is 12.3. The zero-order chi connectivity index (χ0) is 18.2. The van der Waals surface area contributed by atoms with Gasteiger partial charge in [-0.3, -0.25) is 4.79 Å². The number of piperidine rings is 1. The summed E-state index contributed by atoms with van der Waals surface area (Å²) in [6.07, 6.45) is 3.63. The summed E-state index contributed by atoms with van der Waals surface area (Å²) in [7, 11) is 0. The molecule has 138 valence electrons. The Balaban J connectivity index is 1.84. The Morgan fingerprint density at radius 2 is 2.08 bits per heavy atom. The van der Waals surface area contributed by atoms with E-state index in [4.69, 9.17) is 0 Å². The Hall–Kier alpha value is -2.31. The summed E-state index contributed by atoms with van der Waals surface area (Å²) in [5.41, 5.74) is 0.972. The number of amides is 3. The number of hydrogen-bond donors (Lipinski definition) is 2. The third kappa shape index (κ3) is 5.62. The van der Waals surface area contributed by atoms with Gasteiger partial charge in [0.1, 0.15) is 5.82 Å². The van der Waals surface area contributed by atoms with Crippen LogP contribution in [0.4, 0.5) is 10.6 Å². The highest BCUT2D eigenvalue weighted by molar-refractivity contribution is 5.75. The standard InChI is InChI=1S/C18H29N5O2/c1-4-22(5-2)17-9-8-15(11-19-17)12-20-18(25)23-10-6-7-16(13-23)21-14(3)24/h8-9,11,16H,4-7,10,12-13H2,1-3H3,(H,20,25)(H,21,24). The van der Waals surface area contributed by atoms with Gasteiger partial charge in [0.05, 0.1) is 0 Å². The molecule has 1 aliphatic heterocycles. The van der Waals surface area contributed by atoms with E-state index >= 15 is 0 Å². The molecule has 1 unspecified atom stereocenters. The maximum Gasteiger partial charge on any atom is 0.317 e. The number of carbonyl (C=O) groups is 2. The van der Waals surface area contributed by atoms with Crippen LogP contribution in [-0.4, -0.2) is 54.0 Å². The highest BCUT2D eigenvalue weighted by Crippen LogP contribution is 2.12. The molecule has 7 nitrogen and oxygen atoms in total. The van der Waals surface area contributed by atoms with E-state index in [-0.39, 0.29) is 18.0 Å². The zero-order valence-corrected chi connectivity index (χ0v) is 15.4. The summed E-state index contributed by atoms with van der Waals surface area (Å²) in [6, 6.07) is 3.94. The summed E-state index contributed by atoms with van der Waals surface area (Å²) < 4.78 is 0. The van der Waals surface area contributed by atoms with Gasteiger partial charge in [-0.1, -0.05) is 6.07 Å². The predicted octanol–water partition coefficient (Wildman–Crippen LogP) is 1.74. The molecule has 1 aliphatic rings. The fraction of sp³-hybridized carbons (Fsp3) is 0.611. The molecule has 0 radical (unpaired) electrons. The summed E-state index contributed by atoms with van der Waals surface area (Å²) in [4.78, 5) is 31.9. The van der Waals surface area contributed by atoms with Crippen molar-refractivity contribution in [3.63, 3.8) is 0 Å². The fourth-order valence-corrected chi connectivity index (χ4v) is 3.11. The lowest BCUT2D eigenvalue weighted by Gasteiger charge is -2.33. The van der Waals surface area contributed by atoms with Crippen LogP contribution in [0.3, 0.4) is 0 Å². The first kappa shape index (κ1) is 19.0. The number of hydrogen-bond acceptors (Lipinski definition) is 4. The van der Waals surface area contributed by atoms with Gasteiger partial charge in [0.2, 0.25) is 5.91 Å². The molecular formula is C18H29N5O2. The Morgan fingerprint density at radius 1 is 1.32 bits per heavy atom. The summed E-state index contributed by atoms with van der Waals surface area (Å²) >= 11 is 0. The van der Waals surface area contributed by atoms with E-state index in [2.05, 4.69) is 34.4 Å². The maximum absolute atomic E-state index is 12.3. The third-order valence-corrected chi connectivity index (χ3v) is 4.46. The second kappa shape index (κ2) is 9.25. The second-order valence-corrected chi connectivity index (χ2v) is 6.34. The van der Waals surface area contributed by atoms with Crippen molar-refractivity contribution >= 4 is 17.8 Å². The van der Waals surface area contributed by atoms with Gasteiger partial charge < -0.3 is 20.4 Å². The molecule has 2 N–H and O–H groups in total. The number of nitrogens with one attached hydrogen (secondary N) is 2. The molecule has 7 heteroatoms. The third-order valence-electron chi connectivity index (χ3n) is 4.46. The van der Waals surface area contributed by atoms with E-state index in [0.29, 0.717) is 13.1 Å². The molecule has 0 spiro atoms. The lowest BCUT2D eigenvalue weighted by Crippen LogP contribution is -2.51. The topological polar surface area (TPSA) is 77.6 Å². The number of rotatable bonds is 6. The molecule has 3 amide bonds. The van der Waals surface area contributed by atoms with E-state index in [0.717, 1.165) is 43.9 Å². The van der Waals surface area contributed by atoms with E-state index in [1.807, 2.05) is 18.3 Å². The minimum absolute atomic E-state index is 0.0482. The molecular weight excluding hydrogens is 318 g/mol. The van der Waals surface area contributed by atoms with Crippen molar-refractivity contribution in [2.75, 3.05) is 31.1 Å². The highest BCUT2D eigenvalue weighted by atomic mass is 16.2. The van der Waals surface area contributed by atoms with Crippen molar-refractivity contribution in [1.82, 2.24) is 20.5 Å². The average Bonchev–Trinajstić information content (AvgIpc) is 2.61. The van der Waals surface area contributed by atoms with Crippen LogP contribution in [0.5, 0.6) is 0 Å². The second-order valence-electron chi connectivity index (χ2n) is 6.34. The van der Waals surface area contributed by atoms with Crippen LogP contribution in [0.25, 0.3) is 0 Å². The molecule has 1 aromatic heterocycles. The quantitative estimate of drug-likeness (QED) is 0.822. The Labute approximate surface area is 149 Å². The van der Waals surface area contributed by atoms with Crippen molar-refractivity contribution in [3.05, 3.63) is 23.9 Å². The summed E-state index contributed by atoms with van der Waals surface area (Å²) in [6.45, 7) is 9.29. The van der Waals surface area contributed by atoms with Gasteiger partial charge in [-0.25, -0.2) is 9.78 Å². The summed E-state index contributed by atoms with van der Waals surface area (Å²) in [5.74, 6) is 0.904. The van der Waals surface area contributed by atoms with Crippen LogP contribution >= 0.6 is 0 Å². The van der Waals surface area contributed by atoms with Gasteiger partial charge in [-0.05, 0) is 38.3 Å². The summed E-state index contributed by atoms with van der Waals surface area (Å²) in [5, 5.41) is 5.83.